The molecule has 28 heavy (non-hydrogen) atoms. The lowest BCUT2D eigenvalue weighted by Gasteiger charge is -2.24. The third-order valence-corrected chi connectivity index (χ3v) is 5.45. The second kappa shape index (κ2) is 9.39. The van der Waals surface area contributed by atoms with Crippen LogP contribution in [0.15, 0.2) is 42.5 Å². The second-order valence-electron chi connectivity index (χ2n) is 6.83. The van der Waals surface area contributed by atoms with Crippen molar-refractivity contribution in [3.05, 3.63) is 63.9 Å². The summed E-state index contributed by atoms with van der Waals surface area (Å²) in [7, 11) is 0. The van der Waals surface area contributed by atoms with Crippen molar-refractivity contribution >= 4 is 40.7 Å². The molecule has 0 heterocycles. The zero-order chi connectivity index (χ0) is 20.1. The second-order valence-corrected chi connectivity index (χ2v) is 7.67. The first-order valence-electron chi connectivity index (χ1n) is 9.26. The largest absolute Gasteiger partial charge is 0.354 e. The van der Waals surface area contributed by atoms with E-state index in [1.165, 1.54) is 35.2 Å². The van der Waals surface area contributed by atoms with Gasteiger partial charge in [-0.25, -0.2) is 4.39 Å². The van der Waals surface area contributed by atoms with Crippen molar-refractivity contribution in [1.29, 1.82) is 0 Å². The highest BCUT2D eigenvalue weighted by atomic mass is 35.5. The van der Waals surface area contributed by atoms with Gasteiger partial charge in [-0.15, -0.1) is 0 Å². The van der Waals surface area contributed by atoms with E-state index in [1.807, 2.05) is 0 Å². The molecule has 2 aromatic carbocycles. The molecule has 0 unspecified atom stereocenters. The van der Waals surface area contributed by atoms with E-state index in [4.69, 9.17) is 23.2 Å². The van der Waals surface area contributed by atoms with Crippen molar-refractivity contribution < 1.29 is 14.0 Å². The first kappa shape index (κ1) is 20.6. The van der Waals surface area contributed by atoms with Crippen LogP contribution in [0.3, 0.4) is 0 Å². The van der Waals surface area contributed by atoms with Crippen LogP contribution in [0.1, 0.15) is 36.0 Å². The van der Waals surface area contributed by atoms with Crippen LogP contribution >= 0.6 is 23.2 Å². The smallest absolute Gasteiger partial charge is 0.259 e. The highest BCUT2D eigenvalue weighted by Gasteiger charge is 2.24. The summed E-state index contributed by atoms with van der Waals surface area (Å²) in [4.78, 5) is 26.8. The molecule has 0 aromatic heterocycles. The third kappa shape index (κ3) is 5.03. The molecule has 1 fully saturated rings. The van der Waals surface area contributed by atoms with Gasteiger partial charge in [-0.3, -0.25) is 9.59 Å². The number of anilines is 1. The highest BCUT2D eigenvalue weighted by molar-refractivity contribution is 6.37. The number of hydrogen-bond donors (Lipinski definition) is 1. The van der Waals surface area contributed by atoms with Gasteiger partial charge in [-0.1, -0.05) is 36.0 Å². The average Bonchev–Trinajstić information content (AvgIpc) is 3.20. The molecule has 2 amide bonds. The van der Waals surface area contributed by atoms with Crippen molar-refractivity contribution in [3.63, 3.8) is 0 Å². The molecule has 0 radical (unpaired) electrons. The maximum absolute atomic E-state index is 13.3. The number of halogens is 3. The van der Waals surface area contributed by atoms with Crippen molar-refractivity contribution in [2.45, 2.75) is 25.7 Å². The van der Waals surface area contributed by atoms with E-state index in [0.717, 1.165) is 25.7 Å². The minimum atomic E-state index is -0.393. The number of carbonyl (C=O) groups excluding carboxylic acids is 2. The lowest BCUT2D eigenvalue weighted by Crippen LogP contribution is -2.40. The molecule has 0 saturated heterocycles. The Hall–Kier alpha value is -2.11. The SMILES string of the molecule is O=C(NCCN(C(=O)c1ccc(Cl)cc1Cl)c1ccc(F)cc1)C1CCCC1. The van der Waals surface area contributed by atoms with Crippen LogP contribution < -0.4 is 10.2 Å². The lowest BCUT2D eigenvalue weighted by molar-refractivity contribution is -0.124. The van der Waals surface area contributed by atoms with E-state index in [-0.39, 0.29) is 34.9 Å². The summed E-state index contributed by atoms with van der Waals surface area (Å²) in [5.41, 5.74) is 0.810. The fraction of sp³-hybridized carbons (Fsp3) is 0.333. The molecule has 1 N–H and O–H groups in total. The van der Waals surface area contributed by atoms with Crippen molar-refractivity contribution in [1.82, 2.24) is 5.32 Å². The van der Waals surface area contributed by atoms with Crippen molar-refractivity contribution in [2.24, 2.45) is 5.92 Å². The summed E-state index contributed by atoms with van der Waals surface area (Å²) in [6, 6.07) is 10.3. The van der Waals surface area contributed by atoms with E-state index in [2.05, 4.69) is 5.32 Å². The van der Waals surface area contributed by atoms with E-state index >= 15 is 0 Å². The van der Waals surface area contributed by atoms with Crippen LogP contribution in [0.2, 0.25) is 10.0 Å². The molecular weight excluding hydrogens is 402 g/mol. The van der Waals surface area contributed by atoms with Crippen LogP contribution in [-0.2, 0) is 4.79 Å². The van der Waals surface area contributed by atoms with Gasteiger partial charge in [0.15, 0.2) is 0 Å². The van der Waals surface area contributed by atoms with Gasteiger partial charge in [0.05, 0.1) is 10.6 Å². The van der Waals surface area contributed by atoms with Crippen LogP contribution in [0.4, 0.5) is 10.1 Å². The minimum Gasteiger partial charge on any atom is -0.354 e. The minimum absolute atomic E-state index is 0.0218. The molecule has 0 aliphatic heterocycles. The van der Waals surface area contributed by atoms with E-state index in [0.29, 0.717) is 17.3 Å². The molecule has 3 rings (SSSR count). The number of benzene rings is 2. The van der Waals surface area contributed by atoms with Crippen LogP contribution in [-0.4, -0.2) is 24.9 Å². The summed E-state index contributed by atoms with van der Waals surface area (Å²) < 4.78 is 13.3. The maximum atomic E-state index is 13.3. The van der Waals surface area contributed by atoms with Gasteiger partial charge in [0.25, 0.3) is 5.91 Å². The first-order chi connectivity index (χ1) is 13.5. The fourth-order valence-electron chi connectivity index (χ4n) is 3.40. The molecule has 0 bridgehead atoms. The number of nitrogens with zero attached hydrogens (tertiary/aromatic N) is 1. The first-order valence-corrected chi connectivity index (χ1v) is 10.0. The zero-order valence-corrected chi connectivity index (χ0v) is 16.8. The molecule has 0 spiro atoms. The molecule has 148 valence electrons. The summed E-state index contributed by atoms with van der Waals surface area (Å²) in [5.74, 6) is -0.659. The van der Waals surface area contributed by atoms with Gasteiger partial charge in [0.1, 0.15) is 5.82 Å². The monoisotopic (exact) mass is 422 g/mol. The number of hydrogen-bond acceptors (Lipinski definition) is 2. The Morgan fingerprint density at radius 1 is 1.07 bits per heavy atom. The molecular formula is C21H21Cl2FN2O2. The van der Waals surface area contributed by atoms with E-state index in [9.17, 15) is 14.0 Å². The molecule has 0 atom stereocenters. The van der Waals surface area contributed by atoms with Crippen molar-refractivity contribution in [2.75, 3.05) is 18.0 Å². The molecule has 1 saturated carbocycles. The van der Waals surface area contributed by atoms with Crippen LogP contribution in [0.5, 0.6) is 0 Å². The number of amides is 2. The summed E-state index contributed by atoms with van der Waals surface area (Å²) in [6.45, 7) is 0.533. The number of carbonyl (C=O) groups is 2. The number of nitrogens with one attached hydrogen (secondary N) is 1. The standard InChI is InChI=1S/C21H21Cl2FN2O2/c22-15-5-10-18(19(23)13-15)21(28)26(17-8-6-16(24)7-9-17)12-11-25-20(27)14-3-1-2-4-14/h5-10,13-14H,1-4,11-12H2,(H,25,27). The summed E-state index contributed by atoms with van der Waals surface area (Å²) >= 11 is 12.1. The lowest BCUT2D eigenvalue weighted by atomic mass is 10.1. The molecule has 7 heteroatoms. The van der Waals surface area contributed by atoms with Gasteiger partial charge < -0.3 is 10.2 Å². The fourth-order valence-corrected chi connectivity index (χ4v) is 3.89. The van der Waals surface area contributed by atoms with E-state index in [1.54, 1.807) is 12.1 Å². The zero-order valence-electron chi connectivity index (χ0n) is 15.3. The maximum Gasteiger partial charge on any atom is 0.259 e. The Kier molecular flexibility index (Phi) is 6.92. The topological polar surface area (TPSA) is 49.4 Å². The summed E-state index contributed by atoms with van der Waals surface area (Å²) in [5, 5.41) is 3.57. The van der Waals surface area contributed by atoms with Gasteiger partial charge in [0.2, 0.25) is 5.91 Å². The Morgan fingerprint density at radius 2 is 1.75 bits per heavy atom. The van der Waals surface area contributed by atoms with Gasteiger partial charge in [0, 0.05) is 29.7 Å². The molecule has 1 aliphatic rings. The highest BCUT2D eigenvalue weighted by Crippen LogP contribution is 2.26. The number of rotatable bonds is 6. The summed E-state index contributed by atoms with van der Waals surface area (Å²) in [6.07, 6.45) is 3.97. The normalized spacial score (nSPS) is 14.1. The van der Waals surface area contributed by atoms with E-state index < -0.39 is 5.82 Å². The Labute approximate surface area is 173 Å². The van der Waals surface area contributed by atoms with Gasteiger partial charge in [-0.05, 0) is 55.3 Å². The van der Waals surface area contributed by atoms with Gasteiger partial charge >= 0.3 is 0 Å². The Morgan fingerprint density at radius 3 is 2.39 bits per heavy atom. The quantitative estimate of drug-likeness (QED) is 0.704. The molecule has 1 aliphatic carbocycles. The van der Waals surface area contributed by atoms with Crippen molar-refractivity contribution in [3.8, 4) is 0 Å². The molecule has 4 nitrogen and oxygen atoms in total. The predicted octanol–water partition coefficient (Wildman–Crippen LogP) is 5.09. The molecule has 2 aromatic rings. The average molecular weight is 423 g/mol. The third-order valence-electron chi connectivity index (χ3n) is 4.91. The van der Waals surface area contributed by atoms with Crippen LogP contribution in [0, 0.1) is 11.7 Å². The van der Waals surface area contributed by atoms with Crippen LogP contribution in [0.25, 0.3) is 0 Å². The van der Waals surface area contributed by atoms with Gasteiger partial charge in [-0.2, -0.15) is 0 Å². The Balaban J connectivity index is 1.75. The Bertz CT molecular complexity index is 852. The predicted molar refractivity (Wildman–Crippen MR) is 110 cm³/mol.